The van der Waals surface area contributed by atoms with Crippen LogP contribution in [0.1, 0.15) is 57.8 Å². The topological polar surface area (TPSA) is 49.3 Å². The van der Waals surface area contributed by atoms with Crippen molar-refractivity contribution in [1.29, 1.82) is 0 Å². The Kier molecular flexibility index (Phi) is 10.4. The zero-order valence-corrected chi connectivity index (χ0v) is 13.0. The molecule has 1 unspecified atom stereocenters. The number of hydrogen-bond donors (Lipinski definition) is 2. The van der Waals surface area contributed by atoms with Gasteiger partial charge in [0.15, 0.2) is 0 Å². The predicted molar refractivity (Wildman–Crippen MR) is 88.4 cm³/mol. The Morgan fingerprint density at radius 1 is 0.952 bits per heavy atom. The summed E-state index contributed by atoms with van der Waals surface area (Å²) in [5.41, 5.74) is 0. The lowest BCUT2D eigenvalue weighted by molar-refractivity contribution is -0.137. The molecule has 0 bridgehead atoms. The van der Waals surface area contributed by atoms with Gasteiger partial charge < -0.3 is 10.4 Å². The smallest absolute Gasteiger partial charge is 0.304 e. The molecule has 1 aliphatic rings. The summed E-state index contributed by atoms with van der Waals surface area (Å²) >= 11 is 0. The van der Waals surface area contributed by atoms with Crippen molar-refractivity contribution in [2.24, 2.45) is 0 Å². The molecule has 1 aliphatic heterocycles. The van der Waals surface area contributed by atoms with Crippen LogP contribution in [0.2, 0.25) is 0 Å². The summed E-state index contributed by atoms with van der Waals surface area (Å²) in [7, 11) is 0. The van der Waals surface area contributed by atoms with Gasteiger partial charge in [-0.25, -0.2) is 0 Å². The second-order valence-electron chi connectivity index (χ2n) is 5.56. The third-order valence-electron chi connectivity index (χ3n) is 3.63. The zero-order valence-electron chi connectivity index (χ0n) is 13.0. The van der Waals surface area contributed by atoms with Crippen LogP contribution >= 0.6 is 0 Å². The van der Waals surface area contributed by atoms with E-state index in [1.807, 2.05) is 0 Å². The number of nitrogens with one attached hydrogen (secondary N) is 1. The highest BCUT2D eigenvalue weighted by molar-refractivity contribution is 5.67. The number of hydrogen-bond acceptors (Lipinski definition) is 2. The quantitative estimate of drug-likeness (QED) is 0.749. The van der Waals surface area contributed by atoms with Gasteiger partial charge in [-0.2, -0.15) is 0 Å². The maximum atomic E-state index is 10.9. The monoisotopic (exact) mass is 291 g/mol. The van der Waals surface area contributed by atoms with E-state index in [4.69, 9.17) is 5.11 Å². The Morgan fingerprint density at radius 3 is 2.33 bits per heavy atom. The molecule has 3 heteroatoms. The van der Waals surface area contributed by atoms with Crippen LogP contribution in [0, 0.1) is 0 Å². The number of carboxylic acids is 1. The number of carboxylic acid groups (broad SMARTS) is 1. The first-order chi connectivity index (χ1) is 10.3. The molecule has 0 amide bonds. The van der Waals surface area contributed by atoms with Gasteiger partial charge in [0, 0.05) is 6.04 Å². The Labute approximate surface area is 128 Å². The highest BCUT2D eigenvalue weighted by atomic mass is 16.4. The van der Waals surface area contributed by atoms with Crippen molar-refractivity contribution in [2.75, 3.05) is 6.54 Å². The van der Waals surface area contributed by atoms with Crippen LogP contribution in [-0.4, -0.2) is 23.7 Å². The molecular weight excluding hydrogens is 262 g/mol. The molecule has 0 aromatic carbocycles. The van der Waals surface area contributed by atoms with E-state index in [1.165, 1.54) is 12.8 Å². The molecule has 2 N–H and O–H groups in total. The lowest BCUT2D eigenvalue weighted by Crippen LogP contribution is -2.32. The van der Waals surface area contributed by atoms with E-state index < -0.39 is 5.97 Å². The van der Waals surface area contributed by atoms with E-state index in [2.05, 4.69) is 41.8 Å². The predicted octanol–water partition coefficient (Wildman–Crippen LogP) is 4.22. The SMILES string of the molecule is O=C(O)CC1CC/C=C\C/C=C\C/C=C\CCCCCN1. The summed E-state index contributed by atoms with van der Waals surface area (Å²) in [5.74, 6) is -0.713. The van der Waals surface area contributed by atoms with E-state index in [0.717, 1.165) is 45.1 Å². The van der Waals surface area contributed by atoms with Gasteiger partial charge in [-0.3, -0.25) is 4.79 Å². The standard InChI is InChI=1S/C18H29NO2/c20-18(21)16-17-14-12-10-8-6-4-2-1-3-5-7-9-11-13-15-19-17/h2-5,8,10,17,19H,1,6-7,9,11-16H2,(H,20,21)/b4-2-,5-3-,10-8-. The Morgan fingerprint density at radius 2 is 1.62 bits per heavy atom. The van der Waals surface area contributed by atoms with E-state index >= 15 is 0 Å². The van der Waals surface area contributed by atoms with Crippen molar-refractivity contribution in [3.05, 3.63) is 36.5 Å². The van der Waals surface area contributed by atoms with Gasteiger partial charge in [0.25, 0.3) is 0 Å². The molecule has 0 saturated carbocycles. The van der Waals surface area contributed by atoms with Crippen LogP contribution in [0.4, 0.5) is 0 Å². The van der Waals surface area contributed by atoms with Crippen LogP contribution in [0.15, 0.2) is 36.5 Å². The van der Waals surface area contributed by atoms with E-state index in [-0.39, 0.29) is 12.5 Å². The first-order valence-electron chi connectivity index (χ1n) is 8.19. The lowest BCUT2D eigenvalue weighted by atomic mass is 10.1. The van der Waals surface area contributed by atoms with E-state index in [1.54, 1.807) is 0 Å². The van der Waals surface area contributed by atoms with Crippen molar-refractivity contribution < 1.29 is 9.90 Å². The third-order valence-corrected chi connectivity index (χ3v) is 3.63. The summed E-state index contributed by atoms with van der Waals surface area (Å²) in [6, 6.07) is 0.0956. The fraction of sp³-hybridized carbons (Fsp3) is 0.611. The Balaban J connectivity index is 2.42. The minimum atomic E-state index is -0.713. The number of aliphatic carboxylic acids is 1. The van der Waals surface area contributed by atoms with Crippen molar-refractivity contribution in [1.82, 2.24) is 5.32 Å². The average Bonchev–Trinajstić information content (AvgIpc) is 2.45. The fourth-order valence-electron chi connectivity index (χ4n) is 2.43. The molecule has 0 fully saturated rings. The summed E-state index contributed by atoms with van der Waals surface area (Å²) < 4.78 is 0. The van der Waals surface area contributed by atoms with Gasteiger partial charge in [0.2, 0.25) is 0 Å². The minimum Gasteiger partial charge on any atom is -0.481 e. The largest absolute Gasteiger partial charge is 0.481 e. The third kappa shape index (κ3) is 11.0. The molecule has 21 heavy (non-hydrogen) atoms. The maximum Gasteiger partial charge on any atom is 0.304 e. The number of allylic oxidation sites excluding steroid dienone is 6. The van der Waals surface area contributed by atoms with Crippen molar-refractivity contribution in [2.45, 2.75) is 63.8 Å². The molecule has 0 aromatic rings. The van der Waals surface area contributed by atoms with E-state index in [9.17, 15) is 4.79 Å². The summed E-state index contributed by atoms with van der Waals surface area (Å²) in [6.07, 6.45) is 21.9. The van der Waals surface area contributed by atoms with Crippen LogP contribution in [-0.2, 0) is 4.79 Å². The van der Waals surface area contributed by atoms with Crippen molar-refractivity contribution in [3.8, 4) is 0 Å². The second kappa shape index (κ2) is 12.4. The highest BCUT2D eigenvalue weighted by Gasteiger charge is 2.11. The fourth-order valence-corrected chi connectivity index (χ4v) is 2.43. The highest BCUT2D eigenvalue weighted by Crippen LogP contribution is 2.06. The van der Waals surface area contributed by atoms with Crippen LogP contribution in [0.25, 0.3) is 0 Å². The van der Waals surface area contributed by atoms with Crippen molar-refractivity contribution in [3.63, 3.8) is 0 Å². The average molecular weight is 291 g/mol. The minimum absolute atomic E-state index is 0.0956. The van der Waals surface area contributed by atoms with Gasteiger partial charge in [0.05, 0.1) is 6.42 Å². The maximum absolute atomic E-state index is 10.9. The first-order valence-corrected chi connectivity index (χ1v) is 8.19. The van der Waals surface area contributed by atoms with E-state index in [0.29, 0.717) is 0 Å². The molecule has 118 valence electrons. The molecular formula is C18H29NO2. The van der Waals surface area contributed by atoms with Gasteiger partial charge in [-0.1, -0.05) is 42.9 Å². The molecule has 0 spiro atoms. The molecule has 1 atom stereocenters. The molecule has 0 radical (unpaired) electrons. The molecule has 1 rings (SSSR count). The van der Waals surface area contributed by atoms with Gasteiger partial charge in [-0.05, 0) is 51.5 Å². The molecule has 0 aromatic heterocycles. The normalized spacial score (nSPS) is 27.3. The van der Waals surface area contributed by atoms with Gasteiger partial charge >= 0.3 is 5.97 Å². The van der Waals surface area contributed by atoms with Gasteiger partial charge in [0.1, 0.15) is 0 Å². The lowest BCUT2D eigenvalue weighted by Gasteiger charge is -2.16. The Bertz CT molecular complexity index is 358. The number of rotatable bonds is 2. The summed E-state index contributed by atoms with van der Waals surface area (Å²) in [4.78, 5) is 10.9. The van der Waals surface area contributed by atoms with Crippen LogP contribution in [0.5, 0.6) is 0 Å². The molecule has 1 heterocycles. The zero-order chi connectivity index (χ0) is 15.2. The summed E-state index contributed by atoms with van der Waals surface area (Å²) in [6.45, 7) is 0.924. The Hall–Kier alpha value is -1.35. The molecule has 0 saturated heterocycles. The van der Waals surface area contributed by atoms with Gasteiger partial charge in [-0.15, -0.1) is 0 Å². The molecule has 0 aliphatic carbocycles. The summed E-state index contributed by atoms with van der Waals surface area (Å²) in [5, 5.41) is 12.4. The van der Waals surface area contributed by atoms with Crippen LogP contribution < -0.4 is 5.32 Å². The first kappa shape index (κ1) is 17.7. The van der Waals surface area contributed by atoms with Crippen molar-refractivity contribution >= 4 is 5.97 Å². The molecule has 3 nitrogen and oxygen atoms in total. The number of carbonyl (C=O) groups is 1. The second-order valence-corrected chi connectivity index (χ2v) is 5.56. The van der Waals surface area contributed by atoms with Crippen LogP contribution in [0.3, 0.4) is 0 Å².